The van der Waals surface area contributed by atoms with Crippen molar-refractivity contribution in [2.45, 2.75) is 13.0 Å². The maximum absolute atomic E-state index is 13.1. The second-order valence-electron chi connectivity index (χ2n) is 3.88. The van der Waals surface area contributed by atoms with Gasteiger partial charge in [0.2, 0.25) is 0 Å². The molecule has 0 N–H and O–H groups in total. The van der Waals surface area contributed by atoms with E-state index >= 15 is 0 Å². The lowest BCUT2D eigenvalue weighted by atomic mass is 10.2. The number of benzene rings is 1. The predicted molar refractivity (Wildman–Crippen MR) is 54.3 cm³/mol. The average Bonchev–Trinajstić information content (AvgIpc) is 2.41. The van der Waals surface area contributed by atoms with E-state index in [-0.39, 0.29) is 5.82 Å². The Balaban J connectivity index is 2.22. The Morgan fingerprint density at radius 3 is 2.93 bits per heavy atom. The highest BCUT2D eigenvalue weighted by atomic mass is 19.1. The third kappa shape index (κ3) is 1.25. The minimum absolute atomic E-state index is 0.213. The van der Waals surface area contributed by atoms with Crippen molar-refractivity contribution in [3.63, 3.8) is 0 Å². The Kier molecular flexibility index (Phi) is 1.79. The van der Waals surface area contributed by atoms with Gasteiger partial charge >= 0.3 is 0 Å². The molecule has 0 bridgehead atoms. The van der Waals surface area contributed by atoms with Crippen molar-refractivity contribution in [2.75, 3.05) is 13.2 Å². The van der Waals surface area contributed by atoms with Gasteiger partial charge in [0.15, 0.2) is 0 Å². The van der Waals surface area contributed by atoms with Gasteiger partial charge in [-0.25, -0.2) is 4.39 Å². The SMILES string of the molecule is Cc1nn(C2COC2)c2ccc(F)cc12. The van der Waals surface area contributed by atoms with Crippen LogP contribution in [-0.2, 0) is 4.74 Å². The molecule has 15 heavy (non-hydrogen) atoms. The van der Waals surface area contributed by atoms with Crippen molar-refractivity contribution < 1.29 is 9.13 Å². The van der Waals surface area contributed by atoms with E-state index in [0.29, 0.717) is 19.3 Å². The number of halogens is 1. The van der Waals surface area contributed by atoms with Gasteiger partial charge in [0.05, 0.1) is 30.5 Å². The van der Waals surface area contributed by atoms with Gasteiger partial charge in [-0.3, -0.25) is 4.68 Å². The van der Waals surface area contributed by atoms with E-state index in [1.54, 1.807) is 6.07 Å². The molecule has 0 aliphatic carbocycles. The lowest BCUT2D eigenvalue weighted by Gasteiger charge is -2.26. The molecule has 3 rings (SSSR count). The lowest BCUT2D eigenvalue weighted by Crippen LogP contribution is -2.31. The van der Waals surface area contributed by atoms with E-state index in [2.05, 4.69) is 5.10 Å². The number of nitrogens with zero attached hydrogens (tertiary/aromatic N) is 2. The largest absolute Gasteiger partial charge is 0.377 e. The van der Waals surface area contributed by atoms with Crippen LogP contribution in [0.1, 0.15) is 11.7 Å². The van der Waals surface area contributed by atoms with E-state index in [0.717, 1.165) is 16.6 Å². The molecule has 1 saturated heterocycles. The Morgan fingerprint density at radius 2 is 2.27 bits per heavy atom. The third-order valence-electron chi connectivity index (χ3n) is 2.82. The molecule has 1 fully saturated rings. The summed E-state index contributed by atoms with van der Waals surface area (Å²) in [5.74, 6) is -0.213. The summed E-state index contributed by atoms with van der Waals surface area (Å²) in [7, 11) is 0. The van der Waals surface area contributed by atoms with Crippen LogP contribution < -0.4 is 0 Å². The summed E-state index contributed by atoms with van der Waals surface area (Å²) in [4.78, 5) is 0. The Labute approximate surface area is 86.5 Å². The van der Waals surface area contributed by atoms with E-state index in [1.165, 1.54) is 12.1 Å². The van der Waals surface area contributed by atoms with Gasteiger partial charge in [-0.15, -0.1) is 0 Å². The molecule has 0 saturated carbocycles. The average molecular weight is 206 g/mol. The first-order chi connectivity index (χ1) is 7.25. The van der Waals surface area contributed by atoms with Gasteiger partial charge in [-0.05, 0) is 25.1 Å². The fraction of sp³-hybridized carbons (Fsp3) is 0.364. The topological polar surface area (TPSA) is 27.1 Å². The van der Waals surface area contributed by atoms with Gasteiger partial charge in [0.1, 0.15) is 5.82 Å². The summed E-state index contributed by atoms with van der Waals surface area (Å²) in [5.41, 5.74) is 1.86. The number of rotatable bonds is 1. The fourth-order valence-electron chi connectivity index (χ4n) is 1.91. The maximum atomic E-state index is 13.1. The molecular weight excluding hydrogens is 195 g/mol. The highest BCUT2D eigenvalue weighted by molar-refractivity contribution is 5.82. The number of hydrogen-bond donors (Lipinski definition) is 0. The second-order valence-corrected chi connectivity index (χ2v) is 3.88. The quantitative estimate of drug-likeness (QED) is 0.714. The molecule has 0 unspecified atom stereocenters. The highest BCUT2D eigenvalue weighted by Gasteiger charge is 2.23. The van der Waals surface area contributed by atoms with Crippen molar-refractivity contribution in [2.24, 2.45) is 0 Å². The molecule has 2 aromatic rings. The molecule has 0 amide bonds. The highest BCUT2D eigenvalue weighted by Crippen LogP contribution is 2.25. The van der Waals surface area contributed by atoms with Crippen molar-refractivity contribution in [3.8, 4) is 0 Å². The van der Waals surface area contributed by atoms with Crippen LogP contribution in [0, 0.1) is 12.7 Å². The summed E-state index contributed by atoms with van der Waals surface area (Å²) >= 11 is 0. The van der Waals surface area contributed by atoms with E-state index < -0.39 is 0 Å². The molecule has 78 valence electrons. The smallest absolute Gasteiger partial charge is 0.124 e. The van der Waals surface area contributed by atoms with E-state index in [4.69, 9.17) is 4.74 Å². The number of aromatic nitrogens is 2. The predicted octanol–water partition coefficient (Wildman–Crippen LogP) is 2.06. The molecule has 2 heterocycles. The molecule has 1 aliphatic heterocycles. The van der Waals surface area contributed by atoms with Gasteiger partial charge in [-0.2, -0.15) is 5.10 Å². The molecule has 1 aromatic carbocycles. The van der Waals surface area contributed by atoms with E-state index in [9.17, 15) is 4.39 Å². The maximum Gasteiger partial charge on any atom is 0.124 e. The number of ether oxygens (including phenoxy) is 1. The van der Waals surface area contributed by atoms with Gasteiger partial charge in [-0.1, -0.05) is 0 Å². The van der Waals surface area contributed by atoms with E-state index in [1.807, 2.05) is 11.6 Å². The van der Waals surface area contributed by atoms with Crippen LogP contribution in [0.4, 0.5) is 4.39 Å². The Hall–Kier alpha value is -1.42. The van der Waals surface area contributed by atoms with Gasteiger partial charge < -0.3 is 4.74 Å². The molecule has 3 nitrogen and oxygen atoms in total. The van der Waals surface area contributed by atoms with Crippen LogP contribution in [-0.4, -0.2) is 23.0 Å². The van der Waals surface area contributed by atoms with Crippen molar-refractivity contribution in [1.82, 2.24) is 9.78 Å². The molecule has 0 radical (unpaired) electrons. The minimum Gasteiger partial charge on any atom is -0.377 e. The molecule has 1 aromatic heterocycles. The molecule has 0 spiro atoms. The van der Waals surface area contributed by atoms with Crippen LogP contribution in [0.5, 0.6) is 0 Å². The number of fused-ring (bicyclic) bond motifs is 1. The summed E-state index contributed by atoms with van der Waals surface area (Å²) in [6, 6.07) is 5.10. The zero-order valence-corrected chi connectivity index (χ0v) is 8.40. The third-order valence-corrected chi connectivity index (χ3v) is 2.82. The van der Waals surface area contributed by atoms with Gasteiger partial charge in [0, 0.05) is 5.39 Å². The number of hydrogen-bond acceptors (Lipinski definition) is 2. The van der Waals surface area contributed by atoms with Crippen molar-refractivity contribution >= 4 is 10.9 Å². The lowest BCUT2D eigenvalue weighted by molar-refractivity contribution is -0.0267. The van der Waals surface area contributed by atoms with Crippen molar-refractivity contribution in [1.29, 1.82) is 0 Å². The first-order valence-electron chi connectivity index (χ1n) is 4.98. The summed E-state index contributed by atoms with van der Waals surface area (Å²) in [6.45, 7) is 3.30. The second kappa shape index (κ2) is 3.03. The minimum atomic E-state index is -0.213. The van der Waals surface area contributed by atoms with Crippen LogP contribution in [0.25, 0.3) is 10.9 Å². The normalized spacial score (nSPS) is 16.9. The van der Waals surface area contributed by atoms with Crippen LogP contribution >= 0.6 is 0 Å². The van der Waals surface area contributed by atoms with Crippen LogP contribution in [0.15, 0.2) is 18.2 Å². The van der Waals surface area contributed by atoms with Crippen LogP contribution in [0.3, 0.4) is 0 Å². The standard InChI is InChI=1S/C11H11FN2O/c1-7-10-4-8(12)2-3-11(10)14(13-7)9-5-15-6-9/h2-4,9H,5-6H2,1H3. The molecule has 4 heteroatoms. The van der Waals surface area contributed by atoms with Crippen molar-refractivity contribution in [3.05, 3.63) is 29.7 Å². The Bertz CT molecular complexity index is 517. The van der Waals surface area contributed by atoms with Crippen LogP contribution in [0.2, 0.25) is 0 Å². The fourth-order valence-corrected chi connectivity index (χ4v) is 1.91. The first-order valence-corrected chi connectivity index (χ1v) is 4.98. The monoisotopic (exact) mass is 206 g/mol. The summed E-state index contributed by atoms with van der Waals surface area (Å²) in [6.07, 6.45) is 0. The summed E-state index contributed by atoms with van der Waals surface area (Å²) < 4.78 is 20.1. The summed E-state index contributed by atoms with van der Waals surface area (Å²) in [5, 5.41) is 5.31. The van der Waals surface area contributed by atoms with Gasteiger partial charge in [0.25, 0.3) is 0 Å². The number of aryl methyl sites for hydroxylation is 1. The zero-order chi connectivity index (χ0) is 10.4. The first kappa shape index (κ1) is 8.85. The molecule has 1 aliphatic rings. The molecule has 0 atom stereocenters. The molecular formula is C11H11FN2O. The zero-order valence-electron chi connectivity index (χ0n) is 8.40. The Morgan fingerprint density at radius 1 is 1.47 bits per heavy atom.